The summed E-state index contributed by atoms with van der Waals surface area (Å²) in [6.07, 6.45) is 0.908. The molecule has 0 radical (unpaired) electrons. The van der Waals surface area contributed by atoms with E-state index < -0.39 is 17.3 Å². The van der Waals surface area contributed by atoms with E-state index in [0.29, 0.717) is 18.3 Å². The van der Waals surface area contributed by atoms with E-state index in [-0.39, 0.29) is 18.9 Å². The van der Waals surface area contributed by atoms with Gasteiger partial charge in [-0.1, -0.05) is 20.8 Å². The van der Waals surface area contributed by atoms with Gasteiger partial charge in [-0.05, 0) is 11.8 Å². The lowest BCUT2D eigenvalue weighted by Crippen LogP contribution is -2.49. The number of rotatable bonds is 5. The Morgan fingerprint density at radius 1 is 1.33 bits per heavy atom. The number of hydrogen-bond acceptors (Lipinski definition) is 4. The van der Waals surface area contributed by atoms with Gasteiger partial charge in [0.05, 0.1) is 6.42 Å². The van der Waals surface area contributed by atoms with Gasteiger partial charge in [-0.2, -0.15) is 11.8 Å². The Labute approximate surface area is 129 Å². The van der Waals surface area contributed by atoms with Crippen LogP contribution in [0, 0.1) is 5.41 Å². The molecule has 21 heavy (non-hydrogen) atoms. The second kappa shape index (κ2) is 7.68. The van der Waals surface area contributed by atoms with Gasteiger partial charge in [0.1, 0.15) is 0 Å². The summed E-state index contributed by atoms with van der Waals surface area (Å²) in [4.78, 5) is 36.3. The first-order valence-electron chi connectivity index (χ1n) is 7.15. The zero-order chi connectivity index (χ0) is 16.0. The maximum absolute atomic E-state index is 12.0. The van der Waals surface area contributed by atoms with Crippen molar-refractivity contribution < 1.29 is 19.5 Å². The molecule has 3 amide bonds. The van der Waals surface area contributed by atoms with Gasteiger partial charge in [0.25, 0.3) is 0 Å². The number of nitrogens with zero attached hydrogens (tertiary/aromatic N) is 1. The second-order valence-electron chi connectivity index (χ2n) is 6.11. The summed E-state index contributed by atoms with van der Waals surface area (Å²) in [5.74, 6) is -0.486. The largest absolute Gasteiger partial charge is 0.481 e. The fraction of sp³-hybridized carbons (Fsp3) is 0.786. The third-order valence-corrected chi connectivity index (χ3v) is 4.77. The highest BCUT2D eigenvalue weighted by Crippen LogP contribution is 2.25. The minimum absolute atomic E-state index is 0.0187. The number of thioether (sulfide) groups is 1. The molecular weight excluding hydrogens is 292 g/mol. The van der Waals surface area contributed by atoms with E-state index >= 15 is 0 Å². The standard InChI is InChI=1S/C14H24N2O4S/c1-4-10-9-16(5-6-21-10)13(20)15-11(17)7-14(2,3)8-12(18)19/h10H,4-9H2,1-3H3,(H,18,19)(H,15,17,20). The van der Waals surface area contributed by atoms with Crippen LogP contribution >= 0.6 is 11.8 Å². The molecule has 1 rings (SSSR count). The summed E-state index contributed by atoms with van der Waals surface area (Å²) < 4.78 is 0. The maximum Gasteiger partial charge on any atom is 0.324 e. The number of amides is 3. The van der Waals surface area contributed by atoms with Gasteiger partial charge in [0.15, 0.2) is 0 Å². The van der Waals surface area contributed by atoms with Crippen molar-refractivity contribution in [2.24, 2.45) is 5.41 Å². The average Bonchev–Trinajstić information content (AvgIpc) is 2.36. The van der Waals surface area contributed by atoms with Crippen LogP contribution in [0.15, 0.2) is 0 Å². The van der Waals surface area contributed by atoms with Crippen LogP contribution in [0.25, 0.3) is 0 Å². The van der Waals surface area contributed by atoms with Gasteiger partial charge in [0.2, 0.25) is 5.91 Å². The topological polar surface area (TPSA) is 86.7 Å². The van der Waals surface area contributed by atoms with E-state index in [9.17, 15) is 14.4 Å². The fourth-order valence-electron chi connectivity index (χ4n) is 2.30. The van der Waals surface area contributed by atoms with Crippen molar-refractivity contribution >= 4 is 29.7 Å². The number of carboxylic acids is 1. The Hall–Kier alpha value is -1.24. The van der Waals surface area contributed by atoms with Crippen molar-refractivity contribution in [2.75, 3.05) is 18.8 Å². The molecule has 0 aromatic rings. The molecule has 0 bridgehead atoms. The second-order valence-corrected chi connectivity index (χ2v) is 7.52. The van der Waals surface area contributed by atoms with Gasteiger partial charge >= 0.3 is 12.0 Å². The van der Waals surface area contributed by atoms with Crippen LogP contribution in [-0.4, -0.2) is 52.0 Å². The molecule has 1 aliphatic rings. The number of aliphatic carboxylic acids is 1. The van der Waals surface area contributed by atoms with Crippen molar-refractivity contribution in [3.05, 3.63) is 0 Å². The molecule has 0 aromatic carbocycles. The molecule has 1 fully saturated rings. The molecule has 1 heterocycles. The average molecular weight is 316 g/mol. The molecule has 120 valence electrons. The predicted molar refractivity (Wildman–Crippen MR) is 82.3 cm³/mol. The van der Waals surface area contributed by atoms with E-state index in [0.717, 1.165) is 12.2 Å². The van der Waals surface area contributed by atoms with Crippen molar-refractivity contribution in [3.8, 4) is 0 Å². The molecule has 0 aromatic heterocycles. The van der Waals surface area contributed by atoms with E-state index in [1.54, 1.807) is 18.7 Å². The number of hydrogen-bond donors (Lipinski definition) is 2. The summed E-state index contributed by atoms with van der Waals surface area (Å²) in [5, 5.41) is 11.6. The van der Waals surface area contributed by atoms with Crippen LogP contribution in [0.2, 0.25) is 0 Å². The lowest BCUT2D eigenvalue weighted by atomic mass is 9.85. The monoisotopic (exact) mass is 316 g/mol. The number of carboxylic acid groups (broad SMARTS) is 1. The fourth-order valence-corrected chi connectivity index (χ4v) is 3.48. The Bertz CT molecular complexity index is 412. The van der Waals surface area contributed by atoms with Crippen LogP contribution < -0.4 is 5.32 Å². The van der Waals surface area contributed by atoms with Crippen LogP contribution in [0.3, 0.4) is 0 Å². The van der Waals surface area contributed by atoms with Crippen molar-refractivity contribution in [2.45, 2.75) is 45.3 Å². The summed E-state index contributed by atoms with van der Waals surface area (Å²) in [5.41, 5.74) is -0.667. The van der Waals surface area contributed by atoms with Crippen LogP contribution in [-0.2, 0) is 9.59 Å². The van der Waals surface area contributed by atoms with Gasteiger partial charge in [-0.15, -0.1) is 0 Å². The smallest absolute Gasteiger partial charge is 0.324 e. The summed E-state index contributed by atoms with van der Waals surface area (Å²) in [7, 11) is 0. The Balaban J connectivity index is 2.46. The van der Waals surface area contributed by atoms with E-state index in [1.165, 1.54) is 0 Å². The van der Waals surface area contributed by atoms with E-state index in [1.807, 2.05) is 11.8 Å². The molecule has 1 unspecified atom stereocenters. The summed E-state index contributed by atoms with van der Waals surface area (Å²) >= 11 is 1.85. The number of imide groups is 1. The quantitative estimate of drug-likeness (QED) is 0.809. The molecular formula is C14H24N2O4S. The molecule has 0 saturated carbocycles. The number of urea groups is 1. The van der Waals surface area contributed by atoms with Crippen molar-refractivity contribution in [1.82, 2.24) is 10.2 Å². The van der Waals surface area contributed by atoms with Crippen LogP contribution in [0.4, 0.5) is 4.79 Å². The van der Waals surface area contributed by atoms with Crippen LogP contribution in [0.5, 0.6) is 0 Å². The minimum Gasteiger partial charge on any atom is -0.481 e. The maximum atomic E-state index is 12.0. The van der Waals surface area contributed by atoms with Crippen LogP contribution in [0.1, 0.15) is 40.0 Å². The van der Waals surface area contributed by atoms with E-state index in [2.05, 4.69) is 12.2 Å². The molecule has 1 saturated heterocycles. The third kappa shape index (κ3) is 6.37. The zero-order valence-electron chi connectivity index (χ0n) is 12.8. The Morgan fingerprint density at radius 3 is 2.57 bits per heavy atom. The van der Waals surface area contributed by atoms with E-state index in [4.69, 9.17) is 5.11 Å². The first-order valence-corrected chi connectivity index (χ1v) is 8.20. The predicted octanol–water partition coefficient (Wildman–Crippen LogP) is 1.94. The Kier molecular flexibility index (Phi) is 6.51. The van der Waals surface area contributed by atoms with Gasteiger partial charge in [-0.3, -0.25) is 14.9 Å². The van der Waals surface area contributed by atoms with Gasteiger partial charge in [0, 0.05) is 30.5 Å². The highest BCUT2D eigenvalue weighted by Gasteiger charge is 2.28. The molecule has 6 nitrogen and oxygen atoms in total. The molecule has 2 N–H and O–H groups in total. The normalized spacial score (nSPS) is 19.2. The van der Waals surface area contributed by atoms with Crippen molar-refractivity contribution in [1.29, 1.82) is 0 Å². The SMILES string of the molecule is CCC1CN(C(=O)NC(=O)CC(C)(C)CC(=O)O)CCS1. The number of carbonyl (C=O) groups is 3. The zero-order valence-corrected chi connectivity index (χ0v) is 13.7. The lowest BCUT2D eigenvalue weighted by Gasteiger charge is -2.32. The highest BCUT2D eigenvalue weighted by atomic mass is 32.2. The molecule has 1 aliphatic heterocycles. The molecule has 7 heteroatoms. The summed E-state index contributed by atoms with van der Waals surface area (Å²) in [6, 6.07) is -0.370. The molecule has 1 atom stereocenters. The summed E-state index contributed by atoms with van der Waals surface area (Å²) in [6.45, 7) is 6.78. The Morgan fingerprint density at radius 2 is 2.00 bits per heavy atom. The first-order chi connectivity index (χ1) is 9.73. The number of carbonyl (C=O) groups excluding carboxylic acids is 2. The van der Waals surface area contributed by atoms with Gasteiger partial charge in [-0.25, -0.2) is 4.79 Å². The number of nitrogens with one attached hydrogen (secondary N) is 1. The lowest BCUT2D eigenvalue weighted by molar-refractivity contribution is -0.139. The third-order valence-electron chi connectivity index (χ3n) is 3.40. The first kappa shape index (κ1) is 17.8. The molecule has 0 aliphatic carbocycles. The highest BCUT2D eigenvalue weighted by molar-refractivity contribution is 8.00. The van der Waals surface area contributed by atoms with Gasteiger partial charge < -0.3 is 10.0 Å². The minimum atomic E-state index is -0.946. The molecule has 0 spiro atoms. The van der Waals surface area contributed by atoms with Crippen molar-refractivity contribution in [3.63, 3.8) is 0 Å².